The number of hydrogen-bond donors (Lipinski definition) is 1. The van der Waals surface area contributed by atoms with Crippen molar-refractivity contribution in [2.45, 2.75) is 12.2 Å². The molecule has 1 heterocycles. The first-order chi connectivity index (χ1) is 6.86. The zero-order chi connectivity index (χ0) is 11.6. The van der Waals surface area contributed by atoms with Gasteiger partial charge in [0.15, 0.2) is 6.04 Å². The van der Waals surface area contributed by atoms with Gasteiger partial charge < -0.3 is 14.9 Å². The SMILES string of the molecule is COC(=O)c1ccc(C(N)C(F)(F)F)o1. The van der Waals surface area contributed by atoms with Gasteiger partial charge in [-0.3, -0.25) is 0 Å². The maximum absolute atomic E-state index is 12.1. The highest BCUT2D eigenvalue weighted by molar-refractivity contribution is 5.86. The molecule has 0 aliphatic heterocycles. The third kappa shape index (κ3) is 2.50. The number of rotatable bonds is 2. The van der Waals surface area contributed by atoms with Crippen LogP contribution in [0, 0.1) is 0 Å². The Morgan fingerprint density at radius 2 is 2.13 bits per heavy atom. The smallest absolute Gasteiger partial charge is 0.410 e. The first-order valence-electron chi connectivity index (χ1n) is 3.86. The van der Waals surface area contributed by atoms with Crippen molar-refractivity contribution in [3.05, 3.63) is 23.7 Å². The molecule has 0 amide bonds. The number of esters is 1. The maximum atomic E-state index is 12.1. The average Bonchev–Trinajstić information content (AvgIpc) is 2.62. The Morgan fingerprint density at radius 3 is 2.60 bits per heavy atom. The van der Waals surface area contributed by atoms with Crippen molar-refractivity contribution in [1.29, 1.82) is 0 Å². The number of halogens is 3. The molecule has 0 saturated carbocycles. The molecule has 1 unspecified atom stereocenters. The third-order valence-electron chi connectivity index (χ3n) is 1.67. The Hall–Kier alpha value is -1.50. The van der Waals surface area contributed by atoms with Crippen molar-refractivity contribution in [3.63, 3.8) is 0 Å². The van der Waals surface area contributed by atoms with E-state index >= 15 is 0 Å². The van der Waals surface area contributed by atoms with Gasteiger partial charge in [-0.2, -0.15) is 13.2 Å². The Bertz CT molecular complexity index is 358. The van der Waals surface area contributed by atoms with Crippen LogP contribution in [-0.4, -0.2) is 19.3 Å². The van der Waals surface area contributed by atoms with E-state index in [9.17, 15) is 18.0 Å². The van der Waals surface area contributed by atoms with Crippen LogP contribution in [-0.2, 0) is 4.74 Å². The largest absolute Gasteiger partial charge is 0.463 e. The van der Waals surface area contributed by atoms with Crippen LogP contribution < -0.4 is 5.73 Å². The first kappa shape index (κ1) is 11.6. The fourth-order valence-electron chi connectivity index (χ4n) is 0.892. The number of alkyl halides is 3. The van der Waals surface area contributed by atoms with Crippen molar-refractivity contribution in [2.24, 2.45) is 5.73 Å². The van der Waals surface area contributed by atoms with Crippen molar-refractivity contribution in [2.75, 3.05) is 7.11 Å². The molecule has 0 saturated heterocycles. The zero-order valence-electron chi connectivity index (χ0n) is 7.67. The maximum Gasteiger partial charge on any atom is 0.410 e. The van der Waals surface area contributed by atoms with Gasteiger partial charge in [-0.15, -0.1) is 0 Å². The van der Waals surface area contributed by atoms with Crippen LogP contribution >= 0.6 is 0 Å². The highest BCUT2D eigenvalue weighted by Crippen LogP contribution is 2.31. The van der Waals surface area contributed by atoms with Gasteiger partial charge in [0, 0.05) is 0 Å². The molecule has 0 aliphatic carbocycles. The Morgan fingerprint density at radius 1 is 1.53 bits per heavy atom. The van der Waals surface area contributed by atoms with E-state index in [1.54, 1.807) is 0 Å². The van der Waals surface area contributed by atoms with Crippen LogP contribution in [0.1, 0.15) is 22.4 Å². The van der Waals surface area contributed by atoms with E-state index in [0.717, 1.165) is 19.2 Å². The van der Waals surface area contributed by atoms with Crippen LogP contribution in [0.4, 0.5) is 13.2 Å². The second kappa shape index (κ2) is 3.93. The van der Waals surface area contributed by atoms with E-state index in [4.69, 9.17) is 5.73 Å². The predicted octanol–water partition coefficient (Wildman–Crippen LogP) is 1.63. The summed E-state index contributed by atoms with van der Waals surface area (Å²) in [7, 11) is 1.09. The van der Waals surface area contributed by atoms with E-state index in [1.165, 1.54) is 0 Å². The predicted molar refractivity (Wildman–Crippen MR) is 43.0 cm³/mol. The molecule has 1 aromatic heterocycles. The second-order valence-electron chi connectivity index (χ2n) is 2.71. The molecule has 0 radical (unpaired) electrons. The summed E-state index contributed by atoms with van der Waals surface area (Å²) in [4.78, 5) is 10.9. The first-order valence-corrected chi connectivity index (χ1v) is 3.86. The van der Waals surface area contributed by atoms with Crippen LogP contribution in [0.15, 0.2) is 16.5 Å². The van der Waals surface area contributed by atoms with Gasteiger partial charge >= 0.3 is 12.1 Å². The highest BCUT2D eigenvalue weighted by atomic mass is 19.4. The van der Waals surface area contributed by atoms with E-state index in [1.807, 2.05) is 0 Å². The summed E-state index contributed by atoms with van der Waals surface area (Å²) in [5.41, 5.74) is 4.86. The van der Waals surface area contributed by atoms with Crippen molar-refractivity contribution in [1.82, 2.24) is 0 Å². The molecular formula is C8H8F3NO3. The molecular weight excluding hydrogens is 215 g/mol. The topological polar surface area (TPSA) is 65.5 Å². The summed E-state index contributed by atoms with van der Waals surface area (Å²) in [6.45, 7) is 0. The van der Waals surface area contributed by atoms with Gasteiger partial charge in [0.25, 0.3) is 0 Å². The van der Waals surface area contributed by atoms with Crippen LogP contribution in [0.25, 0.3) is 0 Å². The molecule has 0 fully saturated rings. The minimum Gasteiger partial charge on any atom is -0.463 e. The number of carbonyl (C=O) groups excluding carboxylic acids is 1. The zero-order valence-corrected chi connectivity index (χ0v) is 7.67. The summed E-state index contributed by atoms with van der Waals surface area (Å²) in [5, 5.41) is 0. The number of nitrogens with two attached hydrogens (primary N) is 1. The van der Waals surface area contributed by atoms with E-state index in [2.05, 4.69) is 9.15 Å². The summed E-state index contributed by atoms with van der Waals surface area (Å²) in [5.74, 6) is -1.69. The average molecular weight is 223 g/mol. The van der Waals surface area contributed by atoms with E-state index in [0.29, 0.717) is 0 Å². The molecule has 0 bridgehead atoms. The molecule has 0 spiro atoms. The van der Waals surface area contributed by atoms with Crippen molar-refractivity contribution >= 4 is 5.97 Å². The van der Waals surface area contributed by atoms with Crippen LogP contribution in [0.2, 0.25) is 0 Å². The second-order valence-corrected chi connectivity index (χ2v) is 2.71. The number of furan rings is 1. The molecule has 84 valence electrons. The fraction of sp³-hybridized carbons (Fsp3) is 0.375. The molecule has 2 N–H and O–H groups in total. The van der Waals surface area contributed by atoms with Gasteiger partial charge in [-0.1, -0.05) is 0 Å². The molecule has 7 heteroatoms. The minimum atomic E-state index is -4.61. The van der Waals surface area contributed by atoms with Gasteiger partial charge in [0.05, 0.1) is 7.11 Å². The number of ether oxygens (including phenoxy) is 1. The summed E-state index contributed by atoms with van der Waals surface area (Å²) in [6, 6.07) is -0.173. The third-order valence-corrected chi connectivity index (χ3v) is 1.67. The minimum absolute atomic E-state index is 0.313. The lowest BCUT2D eigenvalue weighted by Crippen LogP contribution is -2.27. The van der Waals surface area contributed by atoms with Gasteiger partial charge in [-0.05, 0) is 12.1 Å². The Balaban J connectivity index is 2.89. The lowest BCUT2D eigenvalue weighted by Gasteiger charge is -2.12. The normalized spacial score (nSPS) is 13.7. The number of carbonyl (C=O) groups is 1. The van der Waals surface area contributed by atoms with Crippen molar-refractivity contribution < 1.29 is 27.1 Å². The fourth-order valence-corrected chi connectivity index (χ4v) is 0.892. The summed E-state index contributed by atoms with van der Waals surface area (Å²) in [6.07, 6.45) is -4.61. The lowest BCUT2D eigenvalue weighted by molar-refractivity contribution is -0.152. The molecule has 4 nitrogen and oxygen atoms in total. The van der Waals surface area contributed by atoms with Crippen LogP contribution in [0.5, 0.6) is 0 Å². The Labute approximate surface area is 82.8 Å². The van der Waals surface area contributed by atoms with Crippen molar-refractivity contribution in [3.8, 4) is 0 Å². The molecule has 15 heavy (non-hydrogen) atoms. The van der Waals surface area contributed by atoms with Gasteiger partial charge in [0.2, 0.25) is 5.76 Å². The highest BCUT2D eigenvalue weighted by Gasteiger charge is 2.40. The molecule has 0 aromatic carbocycles. The summed E-state index contributed by atoms with van der Waals surface area (Å²) >= 11 is 0. The van der Waals surface area contributed by atoms with Gasteiger partial charge in [0.1, 0.15) is 5.76 Å². The number of methoxy groups -OCH3 is 1. The van der Waals surface area contributed by atoms with Gasteiger partial charge in [-0.25, -0.2) is 4.79 Å². The standard InChI is InChI=1S/C8H8F3NO3/c1-14-7(13)5-3-2-4(15-5)6(12)8(9,10)11/h2-3,6H,12H2,1H3. The van der Waals surface area contributed by atoms with E-state index in [-0.39, 0.29) is 5.76 Å². The van der Waals surface area contributed by atoms with E-state index < -0.39 is 23.9 Å². The number of hydrogen-bond acceptors (Lipinski definition) is 4. The monoisotopic (exact) mass is 223 g/mol. The summed E-state index contributed by atoms with van der Waals surface area (Å²) < 4.78 is 45.2. The quantitative estimate of drug-likeness (QED) is 0.774. The Kier molecular flexibility index (Phi) is 3.04. The lowest BCUT2D eigenvalue weighted by atomic mass is 10.2. The molecule has 0 aliphatic rings. The molecule has 1 aromatic rings. The molecule has 1 atom stereocenters. The van der Waals surface area contributed by atoms with Crippen LogP contribution in [0.3, 0.4) is 0 Å². The molecule has 1 rings (SSSR count).